The van der Waals surface area contributed by atoms with Gasteiger partial charge in [-0.2, -0.15) is 0 Å². The van der Waals surface area contributed by atoms with Crippen molar-refractivity contribution in [1.82, 2.24) is 0 Å². The maximum Gasteiger partial charge on any atom is 0.339 e. The van der Waals surface area contributed by atoms with Crippen LogP contribution in [0.1, 0.15) is 33.2 Å². The van der Waals surface area contributed by atoms with Crippen molar-refractivity contribution in [2.45, 2.75) is 13.0 Å². The van der Waals surface area contributed by atoms with Crippen molar-refractivity contribution < 1.29 is 22.5 Å². The molecule has 0 amide bonds. The summed E-state index contributed by atoms with van der Waals surface area (Å²) in [5.74, 6) is -0.561. The van der Waals surface area contributed by atoms with Gasteiger partial charge in [-0.15, -0.1) is 0 Å². The molecule has 0 saturated carbocycles. The second kappa shape index (κ2) is 7.36. The Morgan fingerprint density at radius 3 is 2.30 bits per heavy atom. The van der Waals surface area contributed by atoms with Gasteiger partial charge in [0.15, 0.2) is 0 Å². The van der Waals surface area contributed by atoms with Crippen LogP contribution in [0.25, 0.3) is 0 Å². The van der Waals surface area contributed by atoms with E-state index in [0.717, 1.165) is 5.56 Å². The lowest BCUT2D eigenvalue weighted by atomic mass is 9.98. The smallest absolute Gasteiger partial charge is 0.339 e. The van der Waals surface area contributed by atoms with Gasteiger partial charge in [0.1, 0.15) is 6.10 Å². The molecule has 0 aliphatic rings. The molecule has 2 N–H and O–H groups in total. The molecule has 2 aromatic rings. The zero-order chi connectivity index (χ0) is 17.0. The van der Waals surface area contributed by atoms with Gasteiger partial charge in [0, 0.05) is 5.69 Å². The average molecular weight is 334 g/mol. The van der Waals surface area contributed by atoms with Crippen molar-refractivity contribution in [1.29, 1.82) is 0 Å². The SMILES string of the molecule is COC(=O)c1ccc(C(OS(=O)[O-])c2ccc(C)cc2)cc1N. The Morgan fingerprint density at radius 1 is 1.17 bits per heavy atom. The fourth-order valence-electron chi connectivity index (χ4n) is 2.16. The second-order valence-corrected chi connectivity index (χ2v) is 5.53. The molecule has 2 aromatic carbocycles. The number of esters is 1. The van der Waals surface area contributed by atoms with Gasteiger partial charge in [-0.3, -0.25) is 4.18 Å². The van der Waals surface area contributed by atoms with Crippen molar-refractivity contribution in [3.05, 3.63) is 64.7 Å². The number of carbonyl (C=O) groups is 1. The molecule has 2 unspecified atom stereocenters. The van der Waals surface area contributed by atoms with E-state index in [1.165, 1.54) is 19.2 Å². The number of anilines is 1. The molecule has 0 fully saturated rings. The molecule has 0 aliphatic carbocycles. The van der Waals surface area contributed by atoms with Gasteiger partial charge in [-0.05, 0) is 30.2 Å². The molecule has 6 nitrogen and oxygen atoms in total. The first kappa shape index (κ1) is 17.1. The van der Waals surface area contributed by atoms with E-state index in [4.69, 9.17) is 9.92 Å². The van der Waals surface area contributed by atoms with Crippen LogP contribution >= 0.6 is 0 Å². The summed E-state index contributed by atoms with van der Waals surface area (Å²) in [6, 6.07) is 11.8. The third-order valence-corrected chi connectivity index (χ3v) is 3.69. The van der Waals surface area contributed by atoms with Crippen molar-refractivity contribution >= 4 is 23.0 Å². The summed E-state index contributed by atoms with van der Waals surface area (Å²) < 4.78 is 31.6. The van der Waals surface area contributed by atoms with Crippen LogP contribution in [0.2, 0.25) is 0 Å². The van der Waals surface area contributed by atoms with Crippen molar-refractivity contribution in [3.63, 3.8) is 0 Å². The van der Waals surface area contributed by atoms with Crippen LogP contribution in [0, 0.1) is 6.92 Å². The molecular formula is C16H16NO5S-. The summed E-state index contributed by atoms with van der Waals surface area (Å²) >= 11 is -2.71. The lowest BCUT2D eigenvalue weighted by Gasteiger charge is -2.20. The largest absolute Gasteiger partial charge is 0.750 e. The minimum absolute atomic E-state index is 0.187. The minimum atomic E-state index is -2.71. The molecule has 0 heterocycles. The molecule has 2 rings (SSSR count). The van der Waals surface area contributed by atoms with E-state index >= 15 is 0 Å². The molecule has 0 aliphatic heterocycles. The first-order valence-electron chi connectivity index (χ1n) is 6.73. The van der Waals surface area contributed by atoms with Crippen LogP contribution in [0.15, 0.2) is 42.5 Å². The van der Waals surface area contributed by atoms with E-state index < -0.39 is 23.4 Å². The fraction of sp³-hybridized carbons (Fsp3) is 0.188. The summed E-state index contributed by atoms with van der Waals surface area (Å²) in [5, 5.41) is 0. The molecule has 0 radical (unpaired) electrons. The quantitative estimate of drug-likeness (QED) is 0.511. The fourth-order valence-corrected chi connectivity index (χ4v) is 2.54. The summed E-state index contributed by atoms with van der Waals surface area (Å²) in [6.45, 7) is 1.93. The highest BCUT2D eigenvalue weighted by Crippen LogP contribution is 2.29. The first-order chi connectivity index (χ1) is 10.9. The number of nitrogens with two attached hydrogens (primary N) is 1. The molecule has 2 atom stereocenters. The molecular weight excluding hydrogens is 318 g/mol. The zero-order valence-electron chi connectivity index (χ0n) is 12.6. The van der Waals surface area contributed by atoms with Crippen LogP contribution in [0.4, 0.5) is 5.69 Å². The lowest BCUT2D eigenvalue weighted by Crippen LogP contribution is -2.11. The summed E-state index contributed by atoms with van der Waals surface area (Å²) in [7, 11) is 1.26. The highest BCUT2D eigenvalue weighted by Gasteiger charge is 2.18. The number of carbonyl (C=O) groups excluding carboxylic acids is 1. The average Bonchev–Trinajstić information content (AvgIpc) is 2.52. The predicted molar refractivity (Wildman–Crippen MR) is 85.2 cm³/mol. The van der Waals surface area contributed by atoms with E-state index in [-0.39, 0.29) is 11.3 Å². The predicted octanol–water partition coefficient (Wildman–Crippen LogP) is 2.26. The van der Waals surface area contributed by atoms with Crippen LogP contribution in [0.3, 0.4) is 0 Å². The third-order valence-electron chi connectivity index (χ3n) is 3.34. The number of ether oxygens (including phenoxy) is 1. The molecule has 0 spiro atoms. The van der Waals surface area contributed by atoms with E-state index in [1.807, 2.05) is 19.1 Å². The molecule has 0 bridgehead atoms. The first-order valence-corrected chi connectivity index (χ1v) is 7.73. The lowest BCUT2D eigenvalue weighted by molar-refractivity contribution is 0.0602. The van der Waals surface area contributed by atoms with E-state index in [9.17, 15) is 13.6 Å². The van der Waals surface area contributed by atoms with Crippen molar-refractivity contribution in [2.24, 2.45) is 0 Å². The van der Waals surface area contributed by atoms with Crippen molar-refractivity contribution in [2.75, 3.05) is 12.8 Å². The van der Waals surface area contributed by atoms with Gasteiger partial charge in [0.05, 0.1) is 24.0 Å². The number of hydrogen-bond acceptors (Lipinski definition) is 6. The van der Waals surface area contributed by atoms with Crippen LogP contribution in [0.5, 0.6) is 0 Å². The number of hydrogen-bond donors (Lipinski definition) is 1. The van der Waals surface area contributed by atoms with Gasteiger partial charge in [0.2, 0.25) is 0 Å². The van der Waals surface area contributed by atoms with E-state index in [2.05, 4.69) is 4.74 Å². The van der Waals surface area contributed by atoms with Gasteiger partial charge in [-0.1, -0.05) is 35.9 Å². The number of benzene rings is 2. The summed E-state index contributed by atoms with van der Waals surface area (Å²) in [5.41, 5.74) is 8.47. The third kappa shape index (κ3) is 4.16. The van der Waals surface area contributed by atoms with Crippen LogP contribution < -0.4 is 5.73 Å². The Balaban J connectivity index is 2.43. The van der Waals surface area contributed by atoms with Crippen molar-refractivity contribution in [3.8, 4) is 0 Å². The Morgan fingerprint density at radius 2 is 1.78 bits per heavy atom. The maximum atomic E-state index is 11.6. The standard InChI is InChI=1S/C16H17NO5S/c1-10-3-5-11(6-4-10)15(22-23(19)20)12-7-8-13(14(17)9-12)16(18)21-2/h3-9,15H,17H2,1-2H3,(H,19,20)/p-1. The summed E-state index contributed by atoms with van der Waals surface area (Å²) in [6.07, 6.45) is -0.845. The second-order valence-electron chi connectivity index (χ2n) is 4.93. The highest BCUT2D eigenvalue weighted by atomic mass is 32.2. The molecule has 122 valence electrons. The monoisotopic (exact) mass is 334 g/mol. The Labute approximate surface area is 136 Å². The molecule has 7 heteroatoms. The van der Waals surface area contributed by atoms with Gasteiger partial charge in [-0.25, -0.2) is 9.00 Å². The van der Waals surface area contributed by atoms with E-state index in [1.54, 1.807) is 18.2 Å². The highest BCUT2D eigenvalue weighted by molar-refractivity contribution is 7.74. The van der Waals surface area contributed by atoms with Gasteiger partial charge >= 0.3 is 5.97 Å². The Hall–Kier alpha value is -2.22. The zero-order valence-corrected chi connectivity index (χ0v) is 13.5. The molecule has 0 aromatic heterocycles. The number of nitrogen functional groups attached to an aromatic ring is 1. The normalized spacial score (nSPS) is 13.3. The molecule has 0 saturated heterocycles. The number of rotatable bonds is 5. The molecule has 23 heavy (non-hydrogen) atoms. The number of aryl methyl sites for hydroxylation is 1. The number of methoxy groups -OCH3 is 1. The van der Waals surface area contributed by atoms with Crippen LogP contribution in [-0.4, -0.2) is 21.8 Å². The maximum absolute atomic E-state index is 11.6. The topological polar surface area (TPSA) is 102 Å². The van der Waals surface area contributed by atoms with Crippen LogP contribution in [-0.2, 0) is 20.3 Å². The van der Waals surface area contributed by atoms with Gasteiger partial charge in [0.25, 0.3) is 0 Å². The summed E-state index contributed by atoms with van der Waals surface area (Å²) in [4.78, 5) is 11.6. The minimum Gasteiger partial charge on any atom is -0.750 e. The van der Waals surface area contributed by atoms with E-state index in [0.29, 0.717) is 11.1 Å². The Kier molecular flexibility index (Phi) is 5.49. The van der Waals surface area contributed by atoms with Gasteiger partial charge < -0.3 is 15.0 Å². The Bertz CT molecular complexity index is 730.